The fourth-order valence-electron chi connectivity index (χ4n) is 12.3. The molecule has 5 unspecified atom stereocenters. The number of piperazine rings is 1. The third-order valence-corrected chi connectivity index (χ3v) is 15.9. The number of aromatic nitrogens is 10. The van der Waals surface area contributed by atoms with Gasteiger partial charge in [0.05, 0.1) is 40.9 Å². The highest BCUT2D eigenvalue weighted by molar-refractivity contribution is 5.94. The van der Waals surface area contributed by atoms with E-state index in [0.29, 0.717) is 76.9 Å². The van der Waals surface area contributed by atoms with Crippen LogP contribution in [0.2, 0.25) is 0 Å². The van der Waals surface area contributed by atoms with Gasteiger partial charge in [0.25, 0.3) is 5.91 Å². The molecule has 4 aliphatic heterocycles. The quantitative estimate of drug-likeness (QED) is 0.0990. The number of anilines is 5. The summed E-state index contributed by atoms with van der Waals surface area (Å²) < 4.78 is 65.6. The number of carbonyl (C=O) groups excluding carboxylic acids is 1. The van der Waals surface area contributed by atoms with Gasteiger partial charge in [-0.2, -0.15) is 0 Å². The van der Waals surface area contributed by atoms with Crippen LogP contribution in [0.3, 0.4) is 0 Å². The van der Waals surface area contributed by atoms with Gasteiger partial charge in [0.15, 0.2) is 23.3 Å². The standard InChI is InChI=1S/C55H58F4N16O/c1-29(2)74-31(4)64-51-41(56)14-34(16-45(51)74)49-43(58)21-62-54(68-49)66-47-11-9-33(19-60-47)53(76)72-25-36-23-71(24-37(36)26-72)13-7-8-30(3)75-32(5)65-52-42(57)15-35(17-46(52)75)50-44(59)22-63-55(69-50)67-48-12-10-38(20-61-48)73-28-39-18-40(73)27-70(39)6/h9-12,14-17,19-22,29-30,36-37,39-40H,7-8,13,18,23-28H2,1-6H3,(H,60,62,66,68)(H,61,63,67,69). The van der Waals surface area contributed by atoms with Crippen molar-refractivity contribution >= 4 is 57.2 Å². The van der Waals surface area contributed by atoms with E-state index in [-0.39, 0.29) is 63.4 Å². The Morgan fingerprint density at radius 2 is 1.22 bits per heavy atom. The number of aryl methyl sites for hydroxylation is 2. The zero-order valence-electron chi connectivity index (χ0n) is 43.1. The number of carbonyl (C=O) groups is 1. The Balaban J connectivity index is 0.641. The molecule has 21 heteroatoms. The maximum atomic E-state index is 15.8. The van der Waals surface area contributed by atoms with Crippen molar-refractivity contribution in [3.8, 4) is 22.5 Å². The van der Waals surface area contributed by atoms with Crippen LogP contribution >= 0.6 is 0 Å². The summed E-state index contributed by atoms with van der Waals surface area (Å²) in [6, 6.07) is 14.2. The predicted molar refractivity (Wildman–Crippen MR) is 282 cm³/mol. The minimum absolute atomic E-state index is 0.00823. The Hall–Kier alpha value is -7.65. The molecule has 4 fully saturated rings. The fraction of sp³-hybridized carbons (Fsp3) is 0.400. The van der Waals surface area contributed by atoms with Gasteiger partial charge >= 0.3 is 0 Å². The Morgan fingerprint density at radius 1 is 0.645 bits per heavy atom. The van der Waals surface area contributed by atoms with Crippen LogP contribution in [0.5, 0.6) is 0 Å². The summed E-state index contributed by atoms with van der Waals surface area (Å²) in [5, 5.41) is 6.08. The molecule has 2 bridgehead atoms. The largest absolute Gasteiger partial charge is 0.364 e. The molecule has 17 nitrogen and oxygen atoms in total. The molecule has 10 heterocycles. The van der Waals surface area contributed by atoms with Gasteiger partial charge in [0.2, 0.25) is 11.9 Å². The van der Waals surface area contributed by atoms with Gasteiger partial charge in [0, 0.05) is 80.8 Å². The van der Waals surface area contributed by atoms with E-state index in [1.54, 1.807) is 31.2 Å². The number of likely N-dealkylation sites (tertiary alicyclic amines) is 3. The normalized spacial score (nSPS) is 20.0. The van der Waals surface area contributed by atoms with Gasteiger partial charge in [-0.3, -0.25) is 9.69 Å². The van der Waals surface area contributed by atoms with Gasteiger partial charge in [-0.15, -0.1) is 0 Å². The van der Waals surface area contributed by atoms with E-state index >= 15 is 17.6 Å². The first-order chi connectivity index (χ1) is 36.6. The molecular formula is C55H58F4N16O. The van der Waals surface area contributed by atoms with Crippen molar-refractivity contribution < 1.29 is 22.4 Å². The summed E-state index contributed by atoms with van der Waals surface area (Å²) in [5.74, 6) is 0.475. The number of nitrogens with one attached hydrogen (secondary N) is 2. The van der Waals surface area contributed by atoms with E-state index in [9.17, 15) is 4.79 Å². The van der Waals surface area contributed by atoms with E-state index in [0.717, 1.165) is 70.1 Å². The molecule has 76 heavy (non-hydrogen) atoms. The first-order valence-corrected chi connectivity index (χ1v) is 26.0. The Morgan fingerprint density at radius 3 is 1.75 bits per heavy atom. The molecular weight excluding hydrogens is 977 g/mol. The number of halogens is 4. The second-order valence-corrected chi connectivity index (χ2v) is 21.3. The smallest absolute Gasteiger partial charge is 0.255 e. The molecule has 2 N–H and O–H groups in total. The van der Waals surface area contributed by atoms with Crippen molar-refractivity contribution in [2.24, 2.45) is 11.8 Å². The highest BCUT2D eigenvalue weighted by Crippen LogP contribution is 2.37. The zero-order chi connectivity index (χ0) is 52.7. The second kappa shape index (κ2) is 19.5. The van der Waals surface area contributed by atoms with E-state index in [1.807, 2.05) is 53.1 Å². The van der Waals surface area contributed by atoms with E-state index < -0.39 is 23.3 Å². The molecule has 4 aliphatic rings. The number of fused-ring (bicyclic) bond motifs is 5. The molecule has 4 saturated heterocycles. The molecule has 0 saturated carbocycles. The van der Waals surface area contributed by atoms with Crippen molar-refractivity contribution in [2.45, 2.75) is 78.0 Å². The lowest BCUT2D eigenvalue weighted by molar-refractivity contribution is 0.0773. The third-order valence-electron chi connectivity index (χ3n) is 15.9. The van der Waals surface area contributed by atoms with Crippen LogP contribution in [0.1, 0.15) is 74.1 Å². The number of benzene rings is 2. The topological polar surface area (TPSA) is 167 Å². The van der Waals surface area contributed by atoms with Gasteiger partial charge in [0.1, 0.15) is 45.7 Å². The number of amides is 1. The molecule has 12 rings (SSSR count). The SMILES string of the molecule is Cc1nc2c(F)cc(-c3nc(Nc4ccc(C(=O)N5CC6CN(CCCC(C)n7c(C)nc8c(F)cc(-c9nc(Nc%10ccc(N%11CC%12CC%11CN%12C)cn%10)ncc9F)cc87)CC6C5)cn4)ncc3F)cc2n1C(C)C. The molecule has 6 aromatic heterocycles. The highest BCUT2D eigenvalue weighted by Gasteiger charge is 2.43. The Bertz CT molecular complexity index is 3520. The summed E-state index contributed by atoms with van der Waals surface area (Å²) in [4.78, 5) is 58.0. The number of rotatable bonds is 14. The summed E-state index contributed by atoms with van der Waals surface area (Å²) in [5.41, 5.74) is 3.48. The highest BCUT2D eigenvalue weighted by atomic mass is 19.1. The molecule has 8 aromatic rings. The maximum Gasteiger partial charge on any atom is 0.255 e. The average Bonchev–Trinajstić information content (AvgIpc) is 4.27. The summed E-state index contributed by atoms with van der Waals surface area (Å²) >= 11 is 0. The van der Waals surface area contributed by atoms with E-state index in [2.05, 4.69) is 79.2 Å². The lowest BCUT2D eigenvalue weighted by atomic mass is 10.0. The van der Waals surface area contributed by atoms with Crippen molar-refractivity contribution in [1.29, 1.82) is 0 Å². The zero-order valence-corrected chi connectivity index (χ0v) is 43.1. The number of nitrogens with zero attached hydrogens (tertiary/aromatic N) is 14. The van der Waals surface area contributed by atoms with Crippen LogP contribution in [-0.4, -0.2) is 135 Å². The Labute approximate surface area is 436 Å². The molecule has 2 aromatic carbocycles. The molecule has 0 aliphatic carbocycles. The summed E-state index contributed by atoms with van der Waals surface area (Å²) in [7, 11) is 2.17. The minimum Gasteiger partial charge on any atom is -0.364 e. The van der Waals surface area contributed by atoms with Crippen LogP contribution in [0.15, 0.2) is 73.3 Å². The van der Waals surface area contributed by atoms with E-state index in [1.165, 1.54) is 18.3 Å². The van der Waals surface area contributed by atoms with Crippen LogP contribution in [0, 0.1) is 49.0 Å². The Kier molecular flexibility index (Phi) is 12.6. The molecule has 0 spiro atoms. The molecule has 0 radical (unpaired) electrons. The summed E-state index contributed by atoms with van der Waals surface area (Å²) in [6.07, 6.45) is 8.31. The monoisotopic (exact) mass is 1030 g/mol. The third kappa shape index (κ3) is 9.11. The first kappa shape index (κ1) is 49.2. The fourth-order valence-corrected chi connectivity index (χ4v) is 12.3. The van der Waals surface area contributed by atoms with Crippen molar-refractivity contribution in [3.63, 3.8) is 0 Å². The number of likely N-dealkylation sites (N-methyl/N-ethyl adjacent to an activating group) is 1. The van der Waals surface area contributed by atoms with Gasteiger partial charge in [-0.25, -0.2) is 57.4 Å². The lowest BCUT2D eigenvalue weighted by Crippen LogP contribution is -2.44. The van der Waals surface area contributed by atoms with Crippen LogP contribution < -0.4 is 15.5 Å². The lowest BCUT2D eigenvalue weighted by Gasteiger charge is -2.33. The number of imidazole rings is 2. The van der Waals surface area contributed by atoms with Gasteiger partial charge < -0.3 is 34.5 Å². The first-order valence-electron chi connectivity index (χ1n) is 26.0. The number of hydrogen-bond donors (Lipinski definition) is 2. The summed E-state index contributed by atoms with van der Waals surface area (Å²) in [6.45, 7) is 15.7. The van der Waals surface area contributed by atoms with Crippen LogP contribution in [0.4, 0.5) is 46.8 Å². The van der Waals surface area contributed by atoms with Gasteiger partial charge in [-0.05, 0) is 128 Å². The number of hydrogen-bond acceptors (Lipinski definition) is 14. The van der Waals surface area contributed by atoms with E-state index in [4.69, 9.17) is 0 Å². The number of pyridine rings is 2. The molecule has 1 amide bonds. The predicted octanol–water partition coefficient (Wildman–Crippen LogP) is 9.27. The molecule has 392 valence electrons. The average molecular weight is 1040 g/mol. The van der Waals surface area contributed by atoms with Crippen LogP contribution in [-0.2, 0) is 0 Å². The van der Waals surface area contributed by atoms with Crippen LogP contribution in [0.25, 0.3) is 44.6 Å². The van der Waals surface area contributed by atoms with Gasteiger partial charge in [-0.1, -0.05) is 0 Å². The maximum absolute atomic E-state index is 15.8. The second-order valence-electron chi connectivity index (χ2n) is 21.3. The minimum atomic E-state index is -0.710. The molecule has 5 atom stereocenters. The van der Waals surface area contributed by atoms with Crippen molar-refractivity contribution in [1.82, 2.24) is 63.7 Å². The van der Waals surface area contributed by atoms with Crippen molar-refractivity contribution in [2.75, 3.05) is 68.4 Å². The van der Waals surface area contributed by atoms with Crippen molar-refractivity contribution in [3.05, 3.63) is 114 Å².